The summed E-state index contributed by atoms with van der Waals surface area (Å²) in [6, 6.07) is 0. The summed E-state index contributed by atoms with van der Waals surface area (Å²) in [4.78, 5) is 28.1. The van der Waals surface area contributed by atoms with Crippen molar-refractivity contribution >= 4 is 28.7 Å². The highest BCUT2D eigenvalue weighted by atomic mass is 35.5. The fourth-order valence-corrected chi connectivity index (χ4v) is 1.93. The summed E-state index contributed by atoms with van der Waals surface area (Å²) < 4.78 is 4.04. The van der Waals surface area contributed by atoms with Gasteiger partial charge in [-0.05, 0) is 0 Å². The lowest BCUT2D eigenvalue weighted by Crippen LogP contribution is -2.37. The van der Waals surface area contributed by atoms with Crippen LogP contribution < -0.4 is 16.6 Å². The number of aryl methyl sites for hydroxylation is 2. The van der Waals surface area contributed by atoms with E-state index in [1.165, 1.54) is 11.6 Å². The molecule has 0 aliphatic rings. The van der Waals surface area contributed by atoms with E-state index in [4.69, 9.17) is 11.6 Å². The lowest BCUT2D eigenvalue weighted by atomic mass is 10.5. The first-order valence-corrected chi connectivity index (χ1v) is 5.94. The Balaban J connectivity index is 2.80. The van der Waals surface area contributed by atoms with Crippen LogP contribution in [0.25, 0.3) is 11.2 Å². The Morgan fingerprint density at radius 1 is 1.17 bits per heavy atom. The van der Waals surface area contributed by atoms with Crippen LogP contribution in [-0.4, -0.2) is 31.1 Å². The third kappa shape index (κ3) is 1.71. The van der Waals surface area contributed by atoms with Gasteiger partial charge < -0.3 is 9.88 Å². The third-order valence-corrected chi connectivity index (χ3v) is 3.04. The summed E-state index contributed by atoms with van der Waals surface area (Å²) in [7, 11) is 4.75. The topological polar surface area (TPSA) is 73.8 Å². The average Bonchev–Trinajstić information content (AvgIpc) is 2.69. The summed E-state index contributed by atoms with van der Waals surface area (Å²) in [5.74, 6) is 0.948. The van der Waals surface area contributed by atoms with Gasteiger partial charge in [-0.15, -0.1) is 11.6 Å². The van der Waals surface area contributed by atoms with Crippen LogP contribution in [-0.2, 0) is 21.1 Å². The molecule has 1 N–H and O–H groups in total. The van der Waals surface area contributed by atoms with E-state index in [9.17, 15) is 9.59 Å². The largest absolute Gasteiger partial charge is 0.354 e. The summed E-state index contributed by atoms with van der Waals surface area (Å²) >= 11 is 5.59. The number of rotatable bonds is 3. The second kappa shape index (κ2) is 4.49. The Labute approximate surface area is 108 Å². The molecule has 2 heterocycles. The molecule has 2 aromatic heterocycles. The Morgan fingerprint density at radius 3 is 2.44 bits per heavy atom. The molecule has 0 saturated carbocycles. The number of nitrogens with one attached hydrogen (secondary N) is 1. The molecule has 2 aromatic rings. The molecule has 0 bridgehead atoms. The smallest absolute Gasteiger partial charge is 0.332 e. The molecule has 18 heavy (non-hydrogen) atoms. The average molecular weight is 272 g/mol. The van der Waals surface area contributed by atoms with Gasteiger partial charge in [-0.1, -0.05) is 0 Å². The maximum absolute atomic E-state index is 12.0. The van der Waals surface area contributed by atoms with Crippen molar-refractivity contribution in [2.75, 3.05) is 17.7 Å². The standard InChI is InChI=1S/C10H14ClN5O2/c1-14-6-7(13-9(14)12-5-4-11)15(2)10(18)16(3)8(6)17/h4-5H2,1-3H3,(H,12,13). The predicted octanol–water partition coefficient (Wildman–Crippen LogP) is -0.379. The fourth-order valence-electron chi connectivity index (χ4n) is 1.84. The van der Waals surface area contributed by atoms with Gasteiger partial charge in [0.15, 0.2) is 11.2 Å². The highest BCUT2D eigenvalue weighted by molar-refractivity contribution is 6.18. The minimum absolute atomic E-state index is 0.359. The van der Waals surface area contributed by atoms with Gasteiger partial charge >= 0.3 is 5.69 Å². The van der Waals surface area contributed by atoms with Crippen molar-refractivity contribution in [2.24, 2.45) is 21.1 Å². The van der Waals surface area contributed by atoms with Crippen LogP contribution in [0.4, 0.5) is 5.95 Å². The van der Waals surface area contributed by atoms with Gasteiger partial charge in [-0.25, -0.2) is 4.79 Å². The van der Waals surface area contributed by atoms with Gasteiger partial charge in [-0.2, -0.15) is 4.98 Å². The van der Waals surface area contributed by atoms with Crippen molar-refractivity contribution in [3.05, 3.63) is 20.8 Å². The van der Waals surface area contributed by atoms with E-state index in [0.717, 1.165) is 4.57 Å². The van der Waals surface area contributed by atoms with Gasteiger partial charge in [0.2, 0.25) is 5.95 Å². The van der Waals surface area contributed by atoms with E-state index >= 15 is 0 Å². The van der Waals surface area contributed by atoms with Gasteiger partial charge in [-0.3, -0.25) is 13.9 Å². The lowest BCUT2D eigenvalue weighted by molar-refractivity contribution is 0.705. The molecule has 0 spiro atoms. The summed E-state index contributed by atoms with van der Waals surface area (Å²) in [5, 5.41) is 3.00. The highest BCUT2D eigenvalue weighted by Crippen LogP contribution is 2.12. The molecule has 7 nitrogen and oxygen atoms in total. The van der Waals surface area contributed by atoms with Crippen molar-refractivity contribution in [3.8, 4) is 0 Å². The Kier molecular flexibility index (Phi) is 3.16. The number of anilines is 1. The molecule has 0 amide bonds. The lowest BCUT2D eigenvalue weighted by Gasteiger charge is -2.04. The molecule has 0 aliphatic carbocycles. The quantitative estimate of drug-likeness (QED) is 0.773. The molecule has 0 saturated heterocycles. The van der Waals surface area contributed by atoms with Crippen LogP contribution in [0, 0.1) is 0 Å². The Bertz CT molecular complexity index is 712. The van der Waals surface area contributed by atoms with E-state index in [2.05, 4.69) is 10.3 Å². The molecule has 8 heteroatoms. The normalized spacial score (nSPS) is 11.1. The molecule has 0 fully saturated rings. The van der Waals surface area contributed by atoms with Crippen LogP contribution in [0.3, 0.4) is 0 Å². The van der Waals surface area contributed by atoms with Gasteiger partial charge in [0.25, 0.3) is 5.56 Å². The molecular weight excluding hydrogens is 258 g/mol. The predicted molar refractivity (Wildman–Crippen MR) is 70.4 cm³/mol. The Hall–Kier alpha value is -1.76. The van der Waals surface area contributed by atoms with Crippen molar-refractivity contribution in [3.63, 3.8) is 0 Å². The molecule has 2 rings (SSSR count). The molecule has 0 radical (unpaired) electrons. The molecule has 0 atom stereocenters. The minimum atomic E-state index is -0.394. The van der Waals surface area contributed by atoms with Crippen molar-refractivity contribution in [2.45, 2.75) is 0 Å². The van der Waals surface area contributed by atoms with E-state index in [0.29, 0.717) is 29.5 Å². The summed E-state index contributed by atoms with van der Waals surface area (Å²) in [5.41, 5.74) is -0.00383. The van der Waals surface area contributed by atoms with E-state index in [1.807, 2.05) is 0 Å². The SMILES string of the molecule is Cn1c(=O)c2c(nc(NCCCl)n2C)n(C)c1=O. The first-order valence-electron chi connectivity index (χ1n) is 5.41. The molecule has 98 valence electrons. The first-order chi connectivity index (χ1) is 8.49. The monoisotopic (exact) mass is 271 g/mol. The molecule has 0 aliphatic heterocycles. The maximum Gasteiger partial charge on any atom is 0.332 e. The number of imidazole rings is 1. The fraction of sp³-hybridized carbons (Fsp3) is 0.500. The van der Waals surface area contributed by atoms with E-state index < -0.39 is 5.69 Å². The van der Waals surface area contributed by atoms with Gasteiger partial charge in [0.05, 0.1) is 0 Å². The Morgan fingerprint density at radius 2 is 1.83 bits per heavy atom. The number of aromatic nitrogens is 4. The number of hydrogen-bond donors (Lipinski definition) is 1. The van der Waals surface area contributed by atoms with Crippen molar-refractivity contribution in [1.82, 2.24) is 18.7 Å². The zero-order valence-electron chi connectivity index (χ0n) is 10.4. The highest BCUT2D eigenvalue weighted by Gasteiger charge is 2.16. The van der Waals surface area contributed by atoms with Crippen LogP contribution in [0.15, 0.2) is 9.59 Å². The maximum atomic E-state index is 12.0. The zero-order chi connectivity index (χ0) is 13.4. The number of halogens is 1. The van der Waals surface area contributed by atoms with Gasteiger partial charge in [0, 0.05) is 33.6 Å². The van der Waals surface area contributed by atoms with Gasteiger partial charge in [0.1, 0.15) is 0 Å². The molecular formula is C10H14ClN5O2. The van der Waals surface area contributed by atoms with Crippen LogP contribution in [0.1, 0.15) is 0 Å². The second-order valence-electron chi connectivity index (χ2n) is 3.99. The van der Waals surface area contributed by atoms with Crippen LogP contribution in [0.5, 0.6) is 0 Å². The molecule has 0 aromatic carbocycles. The van der Waals surface area contributed by atoms with E-state index in [-0.39, 0.29) is 5.56 Å². The second-order valence-corrected chi connectivity index (χ2v) is 4.37. The first kappa shape index (κ1) is 12.7. The number of nitrogens with zero attached hydrogens (tertiary/aromatic N) is 4. The van der Waals surface area contributed by atoms with Crippen molar-refractivity contribution < 1.29 is 0 Å². The van der Waals surface area contributed by atoms with Crippen LogP contribution in [0.2, 0.25) is 0 Å². The zero-order valence-corrected chi connectivity index (χ0v) is 11.2. The minimum Gasteiger partial charge on any atom is -0.354 e. The summed E-state index contributed by atoms with van der Waals surface area (Å²) in [6.45, 7) is 0.535. The number of fused-ring (bicyclic) bond motifs is 1. The van der Waals surface area contributed by atoms with Crippen LogP contribution >= 0.6 is 11.6 Å². The van der Waals surface area contributed by atoms with Crippen molar-refractivity contribution in [1.29, 1.82) is 0 Å². The van der Waals surface area contributed by atoms with E-state index in [1.54, 1.807) is 18.7 Å². The number of alkyl halides is 1. The number of hydrogen-bond acceptors (Lipinski definition) is 4. The summed E-state index contributed by atoms with van der Waals surface area (Å²) in [6.07, 6.45) is 0. The molecule has 0 unspecified atom stereocenters. The third-order valence-electron chi connectivity index (χ3n) is 2.85.